The number of anilines is 1. The topological polar surface area (TPSA) is 64.9 Å². The highest BCUT2D eigenvalue weighted by molar-refractivity contribution is 14.1. The number of carbonyl (C=O) groups is 1. The Morgan fingerprint density at radius 1 is 1.37 bits per heavy atom. The Balaban J connectivity index is 1.89. The molecule has 0 atom stereocenters. The largest absolute Gasteiger partial charge is 0.375 e. The van der Waals surface area contributed by atoms with Crippen molar-refractivity contribution in [2.75, 3.05) is 11.9 Å². The molecule has 2 rings (SSSR count). The summed E-state index contributed by atoms with van der Waals surface area (Å²) in [5, 5.41) is 15.2. The van der Waals surface area contributed by atoms with Gasteiger partial charge in [0.15, 0.2) is 0 Å². The van der Waals surface area contributed by atoms with Crippen molar-refractivity contribution in [3.05, 3.63) is 27.8 Å². The molecule has 2 N–H and O–H groups in total. The van der Waals surface area contributed by atoms with E-state index in [1.165, 1.54) is 0 Å². The molecule has 0 radical (unpaired) electrons. The molecule has 1 fully saturated rings. The van der Waals surface area contributed by atoms with Gasteiger partial charge in [0.05, 0.1) is 12.6 Å². The minimum absolute atomic E-state index is 0.122. The van der Waals surface area contributed by atoms with E-state index in [0.29, 0.717) is 0 Å². The second kappa shape index (κ2) is 6.24. The third kappa shape index (κ3) is 3.60. The molecule has 1 aliphatic rings. The Kier molecular flexibility index (Phi) is 4.64. The number of rotatable bonds is 4. The van der Waals surface area contributed by atoms with Crippen LogP contribution in [0.15, 0.2) is 24.3 Å². The van der Waals surface area contributed by atoms with E-state index in [9.17, 15) is 10.1 Å². The summed E-state index contributed by atoms with van der Waals surface area (Å²) >= 11 is 2.22. The summed E-state index contributed by atoms with van der Waals surface area (Å²) in [5.41, 5.74) is 0.304. The first-order valence-corrected chi connectivity index (χ1v) is 7.44. The molecule has 1 aromatic carbocycles. The molecule has 0 bridgehead atoms. The van der Waals surface area contributed by atoms with E-state index in [4.69, 9.17) is 0 Å². The average Bonchev–Trinajstić information content (AvgIpc) is 2.87. The molecule has 0 spiro atoms. The average molecular weight is 369 g/mol. The monoisotopic (exact) mass is 369 g/mol. The lowest BCUT2D eigenvalue weighted by molar-refractivity contribution is -0.120. The van der Waals surface area contributed by atoms with Crippen LogP contribution in [-0.4, -0.2) is 18.0 Å². The highest BCUT2D eigenvalue weighted by Gasteiger charge is 2.35. The normalized spacial score (nSPS) is 16.6. The lowest BCUT2D eigenvalue weighted by Gasteiger charge is -2.22. The standard InChI is InChI=1S/C14H16IN3O/c15-11-5-1-2-6-12(11)17-9-13(19)18-14(10-16)7-3-4-8-14/h1-2,5-6,17H,3-4,7-9H2,(H,18,19). The zero-order chi connectivity index (χ0) is 13.7. The molecule has 0 unspecified atom stereocenters. The van der Waals surface area contributed by atoms with Gasteiger partial charge in [0.1, 0.15) is 5.54 Å². The maximum absolute atomic E-state index is 11.9. The number of nitrogens with one attached hydrogen (secondary N) is 2. The number of halogens is 1. The van der Waals surface area contributed by atoms with Crippen LogP contribution in [0, 0.1) is 14.9 Å². The maximum Gasteiger partial charge on any atom is 0.240 e. The minimum Gasteiger partial charge on any atom is -0.375 e. The van der Waals surface area contributed by atoms with Crippen molar-refractivity contribution >= 4 is 34.2 Å². The van der Waals surface area contributed by atoms with Gasteiger partial charge in [0.25, 0.3) is 0 Å². The van der Waals surface area contributed by atoms with E-state index < -0.39 is 5.54 Å². The number of hydrogen-bond donors (Lipinski definition) is 2. The van der Waals surface area contributed by atoms with Gasteiger partial charge in [-0.2, -0.15) is 5.26 Å². The van der Waals surface area contributed by atoms with Crippen LogP contribution < -0.4 is 10.6 Å². The van der Waals surface area contributed by atoms with Crippen molar-refractivity contribution in [3.8, 4) is 6.07 Å². The van der Waals surface area contributed by atoms with Crippen LogP contribution in [0.1, 0.15) is 25.7 Å². The lowest BCUT2D eigenvalue weighted by atomic mass is 10.00. The molecule has 19 heavy (non-hydrogen) atoms. The predicted molar refractivity (Wildman–Crippen MR) is 82.6 cm³/mol. The molecule has 100 valence electrons. The third-order valence-corrected chi connectivity index (χ3v) is 4.30. The molecular weight excluding hydrogens is 353 g/mol. The molecule has 4 nitrogen and oxygen atoms in total. The van der Waals surface area contributed by atoms with Crippen molar-refractivity contribution in [1.29, 1.82) is 5.26 Å². The molecule has 5 heteroatoms. The Bertz CT molecular complexity index is 504. The minimum atomic E-state index is -0.636. The molecule has 0 heterocycles. The molecule has 1 saturated carbocycles. The highest BCUT2D eigenvalue weighted by Crippen LogP contribution is 2.28. The summed E-state index contributed by atoms with van der Waals surface area (Å²) in [7, 11) is 0. The second-order valence-corrected chi connectivity index (χ2v) is 5.94. The molecule has 1 amide bonds. The first kappa shape index (κ1) is 14.1. The SMILES string of the molecule is N#CC1(NC(=O)CNc2ccccc2I)CCCC1. The number of nitriles is 1. The first-order chi connectivity index (χ1) is 9.15. The molecule has 1 aliphatic carbocycles. The van der Waals surface area contributed by atoms with Gasteiger partial charge in [-0.05, 0) is 60.4 Å². The van der Waals surface area contributed by atoms with Gasteiger partial charge in [0.2, 0.25) is 5.91 Å². The lowest BCUT2D eigenvalue weighted by Crippen LogP contribution is -2.47. The van der Waals surface area contributed by atoms with Gasteiger partial charge in [-0.25, -0.2) is 0 Å². The Labute approximate surface area is 126 Å². The Hall–Kier alpha value is -1.29. The number of carbonyl (C=O) groups excluding carboxylic acids is 1. The smallest absolute Gasteiger partial charge is 0.240 e. The quantitative estimate of drug-likeness (QED) is 0.803. The zero-order valence-electron chi connectivity index (χ0n) is 10.6. The van der Waals surface area contributed by atoms with Gasteiger partial charge in [0, 0.05) is 9.26 Å². The third-order valence-electron chi connectivity index (χ3n) is 3.36. The van der Waals surface area contributed by atoms with Gasteiger partial charge in [-0.15, -0.1) is 0 Å². The summed E-state index contributed by atoms with van der Waals surface area (Å²) in [5.74, 6) is -0.122. The van der Waals surface area contributed by atoms with Crippen LogP contribution in [-0.2, 0) is 4.79 Å². The first-order valence-electron chi connectivity index (χ1n) is 6.36. The molecule has 1 aromatic rings. The summed E-state index contributed by atoms with van der Waals surface area (Å²) in [4.78, 5) is 11.9. The Morgan fingerprint density at radius 2 is 2.05 bits per heavy atom. The number of hydrogen-bond acceptors (Lipinski definition) is 3. The fraction of sp³-hybridized carbons (Fsp3) is 0.429. The van der Waals surface area contributed by atoms with Crippen LogP contribution in [0.3, 0.4) is 0 Å². The van der Waals surface area contributed by atoms with Gasteiger partial charge >= 0.3 is 0 Å². The summed E-state index contributed by atoms with van der Waals surface area (Å²) in [6.07, 6.45) is 3.55. The number of nitrogens with zero attached hydrogens (tertiary/aromatic N) is 1. The second-order valence-electron chi connectivity index (χ2n) is 4.78. The van der Waals surface area contributed by atoms with Crippen LogP contribution >= 0.6 is 22.6 Å². The number of amides is 1. The fourth-order valence-electron chi connectivity index (χ4n) is 2.33. The Morgan fingerprint density at radius 3 is 2.68 bits per heavy atom. The van der Waals surface area contributed by atoms with Crippen molar-refractivity contribution < 1.29 is 4.79 Å². The van der Waals surface area contributed by atoms with Crippen molar-refractivity contribution in [1.82, 2.24) is 5.32 Å². The van der Waals surface area contributed by atoms with E-state index in [2.05, 4.69) is 39.3 Å². The van der Waals surface area contributed by atoms with Crippen LogP contribution in [0.2, 0.25) is 0 Å². The van der Waals surface area contributed by atoms with Crippen molar-refractivity contribution in [2.45, 2.75) is 31.2 Å². The summed E-state index contributed by atoms with van der Waals surface area (Å²) in [6.45, 7) is 0.198. The van der Waals surface area contributed by atoms with Gasteiger partial charge < -0.3 is 10.6 Å². The highest BCUT2D eigenvalue weighted by atomic mass is 127. The van der Waals surface area contributed by atoms with E-state index in [1.807, 2.05) is 24.3 Å². The van der Waals surface area contributed by atoms with E-state index >= 15 is 0 Å². The fourth-order valence-corrected chi connectivity index (χ4v) is 2.91. The van der Waals surface area contributed by atoms with E-state index in [0.717, 1.165) is 34.9 Å². The van der Waals surface area contributed by atoms with Crippen LogP contribution in [0.4, 0.5) is 5.69 Å². The van der Waals surface area contributed by atoms with Gasteiger partial charge in [-0.1, -0.05) is 12.1 Å². The van der Waals surface area contributed by atoms with E-state index in [1.54, 1.807) is 0 Å². The summed E-state index contributed by atoms with van der Waals surface area (Å²) < 4.78 is 1.07. The van der Waals surface area contributed by atoms with Crippen molar-refractivity contribution in [3.63, 3.8) is 0 Å². The summed E-state index contributed by atoms with van der Waals surface area (Å²) in [6, 6.07) is 10.1. The predicted octanol–water partition coefficient (Wildman–Crippen LogP) is 2.66. The molecule has 0 aromatic heterocycles. The maximum atomic E-state index is 11.9. The van der Waals surface area contributed by atoms with Crippen LogP contribution in [0.5, 0.6) is 0 Å². The number of benzene rings is 1. The van der Waals surface area contributed by atoms with E-state index in [-0.39, 0.29) is 12.5 Å². The van der Waals surface area contributed by atoms with Crippen LogP contribution in [0.25, 0.3) is 0 Å². The zero-order valence-corrected chi connectivity index (χ0v) is 12.7. The molecule has 0 saturated heterocycles. The van der Waals surface area contributed by atoms with Gasteiger partial charge in [-0.3, -0.25) is 4.79 Å². The molecular formula is C14H16IN3O. The number of para-hydroxylation sites is 1. The van der Waals surface area contributed by atoms with Crippen molar-refractivity contribution in [2.24, 2.45) is 0 Å². The molecule has 0 aliphatic heterocycles.